The van der Waals surface area contributed by atoms with Crippen LogP contribution in [0.25, 0.3) is 0 Å². The van der Waals surface area contributed by atoms with Crippen molar-refractivity contribution in [2.24, 2.45) is 5.92 Å². The fraction of sp³-hybridized carbons (Fsp3) is 0.333. The first kappa shape index (κ1) is 15.2. The quantitative estimate of drug-likeness (QED) is 0.833. The van der Waals surface area contributed by atoms with Gasteiger partial charge >= 0.3 is 0 Å². The maximum Gasteiger partial charge on any atom is 0.226 e. The van der Waals surface area contributed by atoms with Crippen molar-refractivity contribution in [2.45, 2.75) is 20.3 Å². The molecule has 1 aromatic rings. The van der Waals surface area contributed by atoms with Gasteiger partial charge in [-0.2, -0.15) is 0 Å². The van der Waals surface area contributed by atoms with Gasteiger partial charge in [0.15, 0.2) is 5.11 Å². The second kappa shape index (κ2) is 6.92. The Bertz CT molecular complexity index is 463. The average Bonchev–Trinajstić information content (AvgIpc) is 2.21. The first-order chi connectivity index (χ1) is 8.38. The van der Waals surface area contributed by atoms with Crippen molar-refractivity contribution in [2.75, 3.05) is 5.32 Å². The third kappa shape index (κ3) is 5.21. The van der Waals surface area contributed by atoms with Gasteiger partial charge in [-0.15, -0.1) is 0 Å². The van der Waals surface area contributed by atoms with Gasteiger partial charge in [0, 0.05) is 12.1 Å². The lowest BCUT2D eigenvalue weighted by Gasteiger charge is -2.11. The highest BCUT2D eigenvalue weighted by Crippen LogP contribution is 2.24. The zero-order chi connectivity index (χ0) is 13.7. The van der Waals surface area contributed by atoms with E-state index < -0.39 is 0 Å². The third-order valence-electron chi connectivity index (χ3n) is 2.02. The lowest BCUT2D eigenvalue weighted by atomic mass is 10.1. The van der Waals surface area contributed by atoms with Crippen molar-refractivity contribution in [3.8, 4) is 0 Å². The Morgan fingerprint density at radius 3 is 2.56 bits per heavy atom. The standard InChI is InChI=1S/C12H14Cl2N2OS/c1-7(2)5-11(17)16-12(18)15-8-3-4-9(13)10(14)6-8/h3-4,6-7H,5H2,1-2H3,(H2,15,16,17,18). The molecule has 0 aliphatic rings. The van der Waals surface area contributed by atoms with Crippen molar-refractivity contribution in [3.63, 3.8) is 0 Å². The molecule has 0 bridgehead atoms. The van der Waals surface area contributed by atoms with Crippen LogP contribution in [0.2, 0.25) is 10.0 Å². The average molecular weight is 305 g/mol. The first-order valence-corrected chi connectivity index (χ1v) is 6.60. The Morgan fingerprint density at radius 1 is 1.33 bits per heavy atom. The maximum atomic E-state index is 11.5. The second-order valence-electron chi connectivity index (χ2n) is 4.23. The van der Waals surface area contributed by atoms with Crippen LogP contribution in [-0.4, -0.2) is 11.0 Å². The second-order valence-corrected chi connectivity index (χ2v) is 5.45. The predicted octanol–water partition coefficient (Wildman–Crippen LogP) is 3.85. The number of rotatable bonds is 3. The molecular weight excluding hydrogens is 291 g/mol. The molecule has 0 radical (unpaired) electrons. The summed E-state index contributed by atoms with van der Waals surface area (Å²) in [6.45, 7) is 3.93. The summed E-state index contributed by atoms with van der Waals surface area (Å²) in [5.41, 5.74) is 0.680. The molecular formula is C12H14Cl2N2OS. The van der Waals surface area contributed by atoms with Gasteiger partial charge in [-0.05, 0) is 36.3 Å². The van der Waals surface area contributed by atoms with Gasteiger partial charge in [0.1, 0.15) is 0 Å². The molecule has 1 aromatic carbocycles. The minimum atomic E-state index is -0.109. The van der Waals surface area contributed by atoms with E-state index in [1.54, 1.807) is 18.2 Å². The van der Waals surface area contributed by atoms with Gasteiger partial charge in [0.25, 0.3) is 0 Å². The van der Waals surface area contributed by atoms with E-state index in [0.717, 1.165) is 0 Å². The molecule has 0 aliphatic carbocycles. The molecule has 0 aromatic heterocycles. The van der Waals surface area contributed by atoms with E-state index in [1.165, 1.54) is 0 Å². The Hall–Kier alpha value is -0.840. The molecule has 0 spiro atoms. The predicted molar refractivity (Wildman–Crippen MR) is 80.3 cm³/mol. The van der Waals surface area contributed by atoms with Crippen molar-refractivity contribution >= 4 is 52.1 Å². The largest absolute Gasteiger partial charge is 0.332 e. The highest BCUT2D eigenvalue weighted by Gasteiger charge is 2.07. The Labute approximate surface area is 122 Å². The molecule has 2 N–H and O–H groups in total. The zero-order valence-electron chi connectivity index (χ0n) is 10.1. The van der Waals surface area contributed by atoms with Gasteiger partial charge in [-0.25, -0.2) is 0 Å². The molecule has 1 rings (SSSR count). The number of anilines is 1. The molecule has 6 heteroatoms. The lowest BCUT2D eigenvalue weighted by Crippen LogP contribution is -2.34. The number of hydrogen-bond donors (Lipinski definition) is 2. The Balaban J connectivity index is 2.54. The number of hydrogen-bond acceptors (Lipinski definition) is 2. The minimum absolute atomic E-state index is 0.109. The van der Waals surface area contributed by atoms with E-state index >= 15 is 0 Å². The number of carbonyl (C=O) groups excluding carboxylic acids is 1. The molecule has 0 fully saturated rings. The van der Waals surface area contributed by atoms with E-state index in [0.29, 0.717) is 22.2 Å². The number of amides is 1. The van der Waals surface area contributed by atoms with Crippen LogP contribution < -0.4 is 10.6 Å². The van der Waals surface area contributed by atoms with Gasteiger partial charge in [0.2, 0.25) is 5.91 Å². The SMILES string of the molecule is CC(C)CC(=O)NC(=S)Nc1ccc(Cl)c(Cl)c1. The Morgan fingerprint density at radius 2 is 2.00 bits per heavy atom. The summed E-state index contributed by atoms with van der Waals surface area (Å²) in [6.07, 6.45) is 0.434. The van der Waals surface area contributed by atoms with E-state index in [2.05, 4.69) is 10.6 Å². The van der Waals surface area contributed by atoms with E-state index in [1.807, 2.05) is 13.8 Å². The van der Waals surface area contributed by atoms with Crippen LogP contribution in [0.4, 0.5) is 5.69 Å². The molecule has 0 saturated carbocycles. The normalized spacial score (nSPS) is 10.3. The van der Waals surface area contributed by atoms with Crippen LogP contribution in [0.3, 0.4) is 0 Å². The third-order valence-corrected chi connectivity index (χ3v) is 2.97. The van der Waals surface area contributed by atoms with Crippen molar-refractivity contribution in [1.82, 2.24) is 5.32 Å². The number of nitrogens with one attached hydrogen (secondary N) is 2. The fourth-order valence-electron chi connectivity index (χ4n) is 1.28. The van der Waals surface area contributed by atoms with Crippen LogP contribution in [0.5, 0.6) is 0 Å². The molecule has 3 nitrogen and oxygen atoms in total. The summed E-state index contributed by atoms with van der Waals surface area (Å²) in [4.78, 5) is 11.5. The molecule has 0 heterocycles. The molecule has 0 unspecified atom stereocenters. The summed E-state index contributed by atoms with van der Waals surface area (Å²) in [7, 11) is 0. The van der Waals surface area contributed by atoms with Crippen LogP contribution in [0.15, 0.2) is 18.2 Å². The summed E-state index contributed by atoms with van der Waals surface area (Å²) < 4.78 is 0. The molecule has 1 amide bonds. The number of benzene rings is 1. The van der Waals surface area contributed by atoms with Crippen molar-refractivity contribution in [1.29, 1.82) is 0 Å². The van der Waals surface area contributed by atoms with Gasteiger partial charge in [-0.1, -0.05) is 37.0 Å². The monoisotopic (exact) mass is 304 g/mol. The molecule has 0 saturated heterocycles. The van der Waals surface area contributed by atoms with E-state index in [-0.39, 0.29) is 16.9 Å². The highest BCUT2D eigenvalue weighted by atomic mass is 35.5. The zero-order valence-corrected chi connectivity index (χ0v) is 12.4. The van der Waals surface area contributed by atoms with Crippen LogP contribution in [-0.2, 0) is 4.79 Å². The van der Waals surface area contributed by atoms with Crippen LogP contribution in [0, 0.1) is 5.92 Å². The van der Waals surface area contributed by atoms with Gasteiger partial charge in [0.05, 0.1) is 10.0 Å². The van der Waals surface area contributed by atoms with Crippen molar-refractivity contribution < 1.29 is 4.79 Å². The summed E-state index contributed by atoms with van der Waals surface area (Å²) in [6, 6.07) is 5.03. The van der Waals surface area contributed by atoms with Crippen LogP contribution in [0.1, 0.15) is 20.3 Å². The fourth-order valence-corrected chi connectivity index (χ4v) is 1.81. The number of carbonyl (C=O) groups is 1. The van der Waals surface area contributed by atoms with E-state index in [9.17, 15) is 4.79 Å². The van der Waals surface area contributed by atoms with E-state index in [4.69, 9.17) is 35.4 Å². The van der Waals surface area contributed by atoms with Gasteiger partial charge < -0.3 is 10.6 Å². The molecule has 98 valence electrons. The van der Waals surface area contributed by atoms with Crippen LogP contribution >= 0.6 is 35.4 Å². The summed E-state index contributed by atoms with van der Waals surface area (Å²) in [5.74, 6) is 0.181. The molecule has 0 atom stereocenters. The van der Waals surface area contributed by atoms with Gasteiger partial charge in [-0.3, -0.25) is 4.79 Å². The summed E-state index contributed by atoms with van der Waals surface area (Å²) >= 11 is 16.7. The number of thiocarbonyl (C=S) groups is 1. The summed E-state index contributed by atoms with van der Waals surface area (Å²) in [5, 5.41) is 6.62. The lowest BCUT2D eigenvalue weighted by molar-refractivity contribution is -0.120. The smallest absolute Gasteiger partial charge is 0.226 e. The highest BCUT2D eigenvalue weighted by molar-refractivity contribution is 7.80. The number of halogens is 2. The minimum Gasteiger partial charge on any atom is -0.332 e. The maximum absolute atomic E-state index is 11.5. The first-order valence-electron chi connectivity index (χ1n) is 5.44. The van der Waals surface area contributed by atoms with Crippen molar-refractivity contribution in [3.05, 3.63) is 28.2 Å². The topological polar surface area (TPSA) is 41.1 Å². The molecule has 18 heavy (non-hydrogen) atoms. The molecule has 0 aliphatic heterocycles. The Kier molecular flexibility index (Phi) is 5.85.